The van der Waals surface area contributed by atoms with Crippen molar-refractivity contribution >= 4 is 63.2 Å². The number of aromatic nitrogens is 3. The van der Waals surface area contributed by atoms with E-state index in [4.69, 9.17) is 32.7 Å². The second kappa shape index (κ2) is 11.4. The Morgan fingerprint density at radius 2 is 2.12 bits per heavy atom. The summed E-state index contributed by atoms with van der Waals surface area (Å²) in [4.78, 5) is 24.1. The van der Waals surface area contributed by atoms with Crippen molar-refractivity contribution in [2.24, 2.45) is 0 Å². The average molecular weight is 513 g/mol. The Labute approximate surface area is 202 Å². The van der Waals surface area contributed by atoms with Gasteiger partial charge in [0.25, 0.3) is 0 Å². The van der Waals surface area contributed by atoms with Crippen LogP contribution in [0.1, 0.15) is 16.2 Å². The lowest BCUT2D eigenvalue weighted by molar-refractivity contribution is -0.113. The van der Waals surface area contributed by atoms with Crippen LogP contribution in [0.3, 0.4) is 0 Å². The number of benzene rings is 1. The minimum absolute atomic E-state index is 0.0643. The molecule has 0 aliphatic heterocycles. The number of esters is 1. The molecular weight excluding hydrogens is 495 g/mol. The molecule has 0 aliphatic carbocycles. The van der Waals surface area contributed by atoms with E-state index in [-0.39, 0.29) is 18.3 Å². The second-order valence-electron chi connectivity index (χ2n) is 6.15. The van der Waals surface area contributed by atoms with E-state index >= 15 is 0 Å². The first-order valence-electron chi connectivity index (χ1n) is 9.12. The summed E-state index contributed by atoms with van der Waals surface area (Å²) in [6.07, 6.45) is 1.69. The van der Waals surface area contributed by atoms with Crippen LogP contribution >= 0.6 is 46.3 Å². The summed E-state index contributed by atoms with van der Waals surface area (Å²) >= 11 is 14.6. The number of methoxy groups -OCH3 is 1. The van der Waals surface area contributed by atoms with E-state index in [1.807, 2.05) is 0 Å². The molecule has 12 heteroatoms. The van der Waals surface area contributed by atoms with Crippen molar-refractivity contribution in [3.05, 3.63) is 63.7 Å². The summed E-state index contributed by atoms with van der Waals surface area (Å²) < 4.78 is 12.2. The normalized spacial score (nSPS) is 10.6. The summed E-state index contributed by atoms with van der Waals surface area (Å²) in [7, 11) is 1.29. The minimum Gasteiger partial charge on any atom is -0.484 e. The van der Waals surface area contributed by atoms with E-state index in [2.05, 4.69) is 22.1 Å². The minimum atomic E-state index is -0.510. The number of carbonyl (C=O) groups excluding carboxylic acids is 2. The van der Waals surface area contributed by atoms with Crippen molar-refractivity contribution < 1.29 is 19.1 Å². The van der Waals surface area contributed by atoms with Crippen LogP contribution in [0.2, 0.25) is 10.0 Å². The zero-order valence-electron chi connectivity index (χ0n) is 16.8. The second-order valence-corrected chi connectivity index (χ2v) is 8.86. The number of ether oxygens (including phenoxy) is 2. The summed E-state index contributed by atoms with van der Waals surface area (Å²) in [6.45, 7) is 4.28. The number of thioether (sulfide) groups is 1. The third kappa shape index (κ3) is 6.04. The van der Waals surface area contributed by atoms with Crippen LogP contribution in [-0.4, -0.2) is 39.5 Å². The molecule has 0 fully saturated rings. The number of nitrogens with one attached hydrogen (secondary N) is 1. The van der Waals surface area contributed by atoms with Gasteiger partial charge in [0.15, 0.2) is 11.0 Å². The van der Waals surface area contributed by atoms with Crippen LogP contribution in [0.15, 0.2) is 47.5 Å². The van der Waals surface area contributed by atoms with Gasteiger partial charge in [-0.15, -0.1) is 28.1 Å². The number of halogens is 2. The molecule has 0 atom stereocenters. The molecule has 2 heterocycles. The number of nitrogens with zero attached hydrogens (tertiary/aromatic N) is 3. The highest BCUT2D eigenvalue weighted by molar-refractivity contribution is 7.99. The number of carbonyl (C=O) groups is 2. The van der Waals surface area contributed by atoms with Crippen molar-refractivity contribution in [1.82, 2.24) is 14.8 Å². The largest absolute Gasteiger partial charge is 0.484 e. The van der Waals surface area contributed by atoms with Crippen LogP contribution < -0.4 is 10.1 Å². The van der Waals surface area contributed by atoms with Crippen molar-refractivity contribution in [3.8, 4) is 5.75 Å². The number of allylic oxidation sites excluding steroid dienone is 1. The Balaban J connectivity index is 1.64. The first kappa shape index (κ1) is 24.1. The maximum absolute atomic E-state index is 12.4. The first-order valence-corrected chi connectivity index (χ1v) is 11.7. The maximum Gasteiger partial charge on any atom is 0.340 e. The van der Waals surface area contributed by atoms with E-state index in [0.717, 1.165) is 0 Å². The van der Waals surface area contributed by atoms with Gasteiger partial charge in [-0.05, 0) is 23.6 Å². The molecule has 3 rings (SSSR count). The zero-order valence-corrected chi connectivity index (χ0v) is 20.0. The highest BCUT2D eigenvalue weighted by Crippen LogP contribution is 2.29. The van der Waals surface area contributed by atoms with E-state index in [0.29, 0.717) is 43.9 Å². The molecule has 2 aromatic heterocycles. The molecule has 168 valence electrons. The van der Waals surface area contributed by atoms with Gasteiger partial charge in [0, 0.05) is 17.6 Å². The molecule has 1 N–H and O–H groups in total. The fourth-order valence-corrected chi connectivity index (χ4v) is 4.44. The Morgan fingerprint density at radius 3 is 2.88 bits per heavy atom. The van der Waals surface area contributed by atoms with Gasteiger partial charge in [0.05, 0.1) is 23.4 Å². The van der Waals surface area contributed by atoms with Gasteiger partial charge in [-0.2, -0.15) is 0 Å². The quantitative estimate of drug-likeness (QED) is 0.233. The molecule has 1 aromatic carbocycles. The van der Waals surface area contributed by atoms with Crippen molar-refractivity contribution in [2.75, 3.05) is 18.2 Å². The van der Waals surface area contributed by atoms with Crippen LogP contribution in [0.5, 0.6) is 5.75 Å². The lowest BCUT2D eigenvalue weighted by Gasteiger charge is -2.10. The summed E-state index contributed by atoms with van der Waals surface area (Å²) in [6, 6.07) is 6.53. The molecule has 0 aliphatic rings. The number of hydrogen-bond donors (Lipinski definition) is 1. The van der Waals surface area contributed by atoms with E-state index in [9.17, 15) is 9.59 Å². The van der Waals surface area contributed by atoms with E-state index in [1.54, 1.807) is 40.3 Å². The third-order valence-electron chi connectivity index (χ3n) is 4.01. The van der Waals surface area contributed by atoms with Crippen molar-refractivity contribution in [1.29, 1.82) is 0 Å². The highest BCUT2D eigenvalue weighted by atomic mass is 35.5. The molecule has 0 saturated carbocycles. The number of hydrogen-bond acceptors (Lipinski definition) is 8. The molecule has 3 aromatic rings. The van der Waals surface area contributed by atoms with Crippen LogP contribution in [0.25, 0.3) is 0 Å². The van der Waals surface area contributed by atoms with Crippen LogP contribution in [-0.2, 0) is 22.7 Å². The SMILES string of the molecule is C=CCn1c(COc2cc(Cl)ccc2Cl)nnc1SCC(=O)Nc1sccc1C(=O)OC. The van der Waals surface area contributed by atoms with E-state index < -0.39 is 5.97 Å². The summed E-state index contributed by atoms with van der Waals surface area (Å²) in [5, 5.41) is 14.6. The molecule has 1 amide bonds. The molecule has 0 bridgehead atoms. The molecule has 8 nitrogen and oxygen atoms in total. The lowest BCUT2D eigenvalue weighted by Crippen LogP contribution is -2.16. The Morgan fingerprint density at radius 1 is 1.31 bits per heavy atom. The number of amides is 1. The maximum atomic E-state index is 12.4. The molecule has 0 saturated heterocycles. The predicted molar refractivity (Wildman–Crippen MR) is 126 cm³/mol. The Kier molecular flexibility index (Phi) is 8.57. The Bertz CT molecular complexity index is 1130. The van der Waals surface area contributed by atoms with Gasteiger partial charge < -0.3 is 14.8 Å². The van der Waals surface area contributed by atoms with Crippen molar-refractivity contribution in [3.63, 3.8) is 0 Å². The smallest absolute Gasteiger partial charge is 0.340 e. The molecular formula is C20H18Cl2N4O4S2. The predicted octanol–water partition coefficient (Wildman–Crippen LogP) is 4.93. The zero-order chi connectivity index (χ0) is 23.1. The number of rotatable bonds is 10. The Hall–Kier alpha value is -2.53. The van der Waals surface area contributed by atoms with Crippen molar-refractivity contribution in [2.45, 2.75) is 18.3 Å². The standard InChI is InChI=1S/C20H18Cl2N4O4S2/c1-3-7-26-16(10-30-15-9-12(21)4-5-14(15)22)24-25-20(26)32-11-17(27)23-18-13(6-8-31-18)19(28)29-2/h3-6,8-9H,1,7,10-11H2,2H3,(H,23,27). The van der Waals surface area contributed by atoms with Crippen LogP contribution in [0.4, 0.5) is 5.00 Å². The molecule has 0 spiro atoms. The summed E-state index contributed by atoms with van der Waals surface area (Å²) in [5.74, 6) is 0.228. The third-order valence-corrected chi connectivity index (χ3v) is 6.35. The molecule has 0 unspecified atom stereocenters. The topological polar surface area (TPSA) is 95.3 Å². The van der Waals surface area contributed by atoms with Gasteiger partial charge >= 0.3 is 5.97 Å². The molecule has 32 heavy (non-hydrogen) atoms. The first-order chi connectivity index (χ1) is 15.4. The van der Waals surface area contributed by atoms with Gasteiger partial charge in [0.1, 0.15) is 17.4 Å². The summed E-state index contributed by atoms with van der Waals surface area (Å²) in [5.41, 5.74) is 0.310. The van der Waals surface area contributed by atoms with Gasteiger partial charge in [-0.3, -0.25) is 9.36 Å². The number of anilines is 1. The van der Waals surface area contributed by atoms with Crippen LogP contribution in [0, 0.1) is 0 Å². The van der Waals surface area contributed by atoms with Gasteiger partial charge in [-0.25, -0.2) is 4.79 Å². The molecule has 0 radical (unpaired) electrons. The fourth-order valence-electron chi connectivity index (χ4n) is 2.54. The number of thiophene rings is 1. The van der Waals surface area contributed by atoms with Gasteiger partial charge in [0.2, 0.25) is 5.91 Å². The highest BCUT2D eigenvalue weighted by Gasteiger charge is 2.18. The van der Waals surface area contributed by atoms with Gasteiger partial charge in [-0.1, -0.05) is 41.0 Å². The fraction of sp³-hybridized carbons (Fsp3) is 0.200. The lowest BCUT2D eigenvalue weighted by atomic mass is 10.3. The average Bonchev–Trinajstić information content (AvgIpc) is 3.39. The monoisotopic (exact) mass is 512 g/mol. The van der Waals surface area contributed by atoms with E-state index in [1.165, 1.54) is 30.2 Å².